The molecule has 2 aromatic rings. The van der Waals surface area contributed by atoms with Gasteiger partial charge in [0.15, 0.2) is 0 Å². The lowest BCUT2D eigenvalue weighted by Crippen LogP contribution is -2.54. The topological polar surface area (TPSA) is 106 Å². The quantitative estimate of drug-likeness (QED) is 0.812. The zero-order valence-corrected chi connectivity index (χ0v) is 14.2. The van der Waals surface area contributed by atoms with Gasteiger partial charge in [-0.1, -0.05) is 12.1 Å². The van der Waals surface area contributed by atoms with Crippen LogP contribution in [0.2, 0.25) is 0 Å². The van der Waals surface area contributed by atoms with Gasteiger partial charge in [-0.15, -0.1) is 0 Å². The van der Waals surface area contributed by atoms with Gasteiger partial charge in [-0.05, 0) is 24.6 Å². The van der Waals surface area contributed by atoms with Crippen LogP contribution >= 0.6 is 0 Å². The summed E-state index contributed by atoms with van der Waals surface area (Å²) in [5, 5.41) is 2.17. The zero-order chi connectivity index (χ0) is 19.0. The van der Waals surface area contributed by atoms with Gasteiger partial charge in [0, 0.05) is 24.4 Å². The van der Waals surface area contributed by atoms with Gasteiger partial charge in [-0.3, -0.25) is 34.4 Å². The minimum atomic E-state index is -0.999. The van der Waals surface area contributed by atoms with Crippen molar-refractivity contribution >= 4 is 23.6 Å². The van der Waals surface area contributed by atoms with Gasteiger partial charge in [-0.2, -0.15) is 0 Å². The molecule has 1 atom stereocenters. The van der Waals surface area contributed by atoms with Gasteiger partial charge >= 0.3 is 0 Å². The van der Waals surface area contributed by atoms with E-state index in [2.05, 4.69) is 10.3 Å². The normalized spacial score (nSPS) is 19.1. The van der Waals surface area contributed by atoms with E-state index in [1.807, 2.05) is 6.07 Å². The van der Waals surface area contributed by atoms with E-state index in [0.29, 0.717) is 0 Å². The molecule has 8 nitrogen and oxygen atoms in total. The number of imide groups is 2. The van der Waals surface area contributed by atoms with Crippen LogP contribution in [0.15, 0.2) is 42.7 Å². The zero-order valence-electron chi connectivity index (χ0n) is 14.2. The van der Waals surface area contributed by atoms with E-state index < -0.39 is 29.7 Å². The molecule has 2 aliphatic rings. The molecule has 0 spiro atoms. The lowest BCUT2D eigenvalue weighted by molar-refractivity contribution is -0.136. The van der Waals surface area contributed by atoms with Crippen LogP contribution in [0.1, 0.15) is 39.1 Å². The molecule has 8 heteroatoms. The second-order valence-corrected chi connectivity index (χ2v) is 6.28. The molecule has 3 heterocycles. The van der Waals surface area contributed by atoms with Crippen molar-refractivity contribution in [3.05, 3.63) is 59.4 Å². The number of pyridine rings is 1. The van der Waals surface area contributed by atoms with E-state index >= 15 is 0 Å². The number of nitrogens with one attached hydrogen (secondary N) is 1. The predicted molar refractivity (Wildman–Crippen MR) is 91.7 cm³/mol. The maximum Gasteiger partial charge on any atom is 0.266 e. The molecule has 1 fully saturated rings. The van der Waals surface area contributed by atoms with Crippen LogP contribution in [-0.4, -0.2) is 39.6 Å². The fourth-order valence-electron chi connectivity index (χ4n) is 3.25. The average Bonchev–Trinajstić information content (AvgIpc) is 2.93. The Morgan fingerprint density at radius 1 is 1.11 bits per heavy atom. The van der Waals surface area contributed by atoms with Crippen LogP contribution in [0.25, 0.3) is 0 Å². The van der Waals surface area contributed by atoms with Crippen LogP contribution in [0.3, 0.4) is 0 Å². The molecular formula is C19H15N3O5. The Bertz CT molecular complexity index is 957. The summed E-state index contributed by atoms with van der Waals surface area (Å²) < 4.78 is 5.74. The summed E-state index contributed by atoms with van der Waals surface area (Å²) in [5.74, 6) is -1.93. The van der Waals surface area contributed by atoms with E-state index in [0.717, 1.165) is 10.5 Å². The minimum absolute atomic E-state index is 0.0776. The molecule has 1 saturated heterocycles. The number of nitrogens with zero attached hydrogens (tertiary/aromatic N) is 2. The lowest BCUT2D eigenvalue weighted by Gasteiger charge is -2.27. The molecular weight excluding hydrogens is 350 g/mol. The number of fused-ring (bicyclic) bond motifs is 1. The SMILES string of the molecule is O=C1CCC(N2C(=O)c3cccc(OCc4cccnc4)c3C2=O)C(=O)N1. The molecule has 0 bridgehead atoms. The number of carbonyl (C=O) groups excluding carboxylic acids is 4. The average molecular weight is 365 g/mol. The third-order valence-corrected chi connectivity index (χ3v) is 4.55. The summed E-state index contributed by atoms with van der Waals surface area (Å²) in [6.07, 6.45) is 3.48. The maximum atomic E-state index is 12.9. The summed E-state index contributed by atoms with van der Waals surface area (Å²) in [4.78, 5) is 54.0. The Hall–Kier alpha value is -3.55. The molecule has 1 unspecified atom stereocenters. The fourth-order valence-corrected chi connectivity index (χ4v) is 3.25. The molecule has 1 aromatic heterocycles. The fraction of sp³-hybridized carbons (Fsp3) is 0.211. The van der Waals surface area contributed by atoms with E-state index in [-0.39, 0.29) is 36.3 Å². The van der Waals surface area contributed by atoms with Gasteiger partial charge < -0.3 is 4.74 Å². The number of hydrogen-bond acceptors (Lipinski definition) is 6. The summed E-state index contributed by atoms with van der Waals surface area (Å²) in [6.45, 7) is 0.185. The van der Waals surface area contributed by atoms with Crippen molar-refractivity contribution in [1.29, 1.82) is 0 Å². The Kier molecular flexibility index (Phi) is 4.15. The van der Waals surface area contributed by atoms with Crippen LogP contribution in [-0.2, 0) is 16.2 Å². The number of carbonyl (C=O) groups is 4. The monoisotopic (exact) mass is 365 g/mol. The Morgan fingerprint density at radius 3 is 2.70 bits per heavy atom. The second-order valence-electron chi connectivity index (χ2n) is 6.28. The van der Waals surface area contributed by atoms with Gasteiger partial charge in [-0.25, -0.2) is 0 Å². The molecule has 136 valence electrons. The third kappa shape index (κ3) is 2.95. The highest BCUT2D eigenvalue weighted by molar-refractivity contribution is 6.24. The number of ether oxygens (including phenoxy) is 1. The van der Waals surface area contributed by atoms with Crippen molar-refractivity contribution in [1.82, 2.24) is 15.2 Å². The Labute approximate surface area is 154 Å². The molecule has 4 amide bonds. The van der Waals surface area contributed by atoms with E-state index in [1.165, 1.54) is 6.07 Å². The summed E-state index contributed by atoms with van der Waals surface area (Å²) >= 11 is 0. The van der Waals surface area contributed by atoms with Crippen LogP contribution in [0, 0.1) is 0 Å². The Morgan fingerprint density at radius 2 is 1.96 bits per heavy atom. The summed E-state index contributed by atoms with van der Waals surface area (Å²) in [5.41, 5.74) is 1.14. The van der Waals surface area contributed by atoms with Gasteiger partial charge in [0.2, 0.25) is 11.8 Å². The molecule has 1 N–H and O–H groups in total. The molecule has 1 aromatic carbocycles. The van der Waals surface area contributed by atoms with Crippen LogP contribution in [0.4, 0.5) is 0 Å². The second kappa shape index (κ2) is 6.64. The number of piperidine rings is 1. The van der Waals surface area contributed by atoms with E-state index in [4.69, 9.17) is 4.74 Å². The van der Waals surface area contributed by atoms with Crippen molar-refractivity contribution in [2.24, 2.45) is 0 Å². The van der Waals surface area contributed by atoms with Gasteiger partial charge in [0.25, 0.3) is 11.8 Å². The van der Waals surface area contributed by atoms with Crippen molar-refractivity contribution < 1.29 is 23.9 Å². The number of amides is 4. The maximum absolute atomic E-state index is 12.9. The largest absolute Gasteiger partial charge is 0.488 e. The first kappa shape index (κ1) is 16.9. The molecule has 4 rings (SSSR count). The van der Waals surface area contributed by atoms with Crippen molar-refractivity contribution in [2.75, 3.05) is 0 Å². The smallest absolute Gasteiger partial charge is 0.266 e. The number of rotatable bonds is 4. The van der Waals surface area contributed by atoms with Crippen LogP contribution in [0.5, 0.6) is 5.75 Å². The van der Waals surface area contributed by atoms with Crippen molar-refractivity contribution in [2.45, 2.75) is 25.5 Å². The number of aromatic nitrogens is 1. The van der Waals surface area contributed by atoms with Gasteiger partial charge in [0.05, 0.1) is 11.1 Å². The molecule has 0 saturated carbocycles. The third-order valence-electron chi connectivity index (χ3n) is 4.55. The molecule has 2 aliphatic heterocycles. The first-order chi connectivity index (χ1) is 13.1. The van der Waals surface area contributed by atoms with Gasteiger partial charge in [0.1, 0.15) is 18.4 Å². The number of hydrogen-bond donors (Lipinski definition) is 1. The highest BCUT2D eigenvalue weighted by atomic mass is 16.5. The standard InChI is InChI=1S/C19H15N3O5/c23-15-7-6-13(17(24)21-15)22-18(25)12-4-1-5-14(16(12)19(22)26)27-10-11-3-2-8-20-9-11/h1-5,8-9,13H,6-7,10H2,(H,21,23,24). The van der Waals surface area contributed by atoms with Crippen LogP contribution < -0.4 is 10.1 Å². The highest BCUT2D eigenvalue weighted by Gasteiger charge is 2.45. The Balaban J connectivity index is 1.61. The summed E-state index contributed by atoms with van der Waals surface area (Å²) in [7, 11) is 0. The molecule has 0 radical (unpaired) electrons. The van der Waals surface area contributed by atoms with Crippen molar-refractivity contribution in [3.8, 4) is 5.75 Å². The first-order valence-corrected chi connectivity index (χ1v) is 8.42. The number of benzene rings is 1. The minimum Gasteiger partial charge on any atom is -0.488 e. The predicted octanol–water partition coefficient (Wildman–Crippen LogP) is 1.06. The summed E-state index contributed by atoms with van der Waals surface area (Å²) in [6, 6.07) is 7.36. The van der Waals surface area contributed by atoms with Crippen molar-refractivity contribution in [3.63, 3.8) is 0 Å². The highest BCUT2D eigenvalue weighted by Crippen LogP contribution is 2.33. The lowest BCUT2D eigenvalue weighted by atomic mass is 10.0. The van der Waals surface area contributed by atoms with E-state index in [1.54, 1.807) is 30.6 Å². The van der Waals surface area contributed by atoms with E-state index in [9.17, 15) is 19.2 Å². The molecule has 0 aliphatic carbocycles. The molecule has 27 heavy (non-hydrogen) atoms. The first-order valence-electron chi connectivity index (χ1n) is 8.42.